The SMILES string of the molecule is CC(C)(C)OC(=O)N1C2CN(c3cnc(Cl)cn3)CC1(C(C)(C)C)C2. The Hall–Kier alpha value is -1.56. The third-order valence-electron chi connectivity index (χ3n) is 5.20. The van der Waals surface area contributed by atoms with Crippen LogP contribution in [0.3, 0.4) is 0 Å². The molecule has 4 heterocycles. The van der Waals surface area contributed by atoms with Gasteiger partial charge in [-0.05, 0) is 32.6 Å². The van der Waals surface area contributed by atoms with E-state index in [4.69, 9.17) is 16.3 Å². The molecule has 0 aliphatic carbocycles. The number of nitrogens with zero attached hydrogens (tertiary/aromatic N) is 4. The van der Waals surface area contributed by atoms with Crippen molar-refractivity contribution in [3.8, 4) is 0 Å². The summed E-state index contributed by atoms with van der Waals surface area (Å²) in [5.41, 5.74) is -0.861. The summed E-state index contributed by atoms with van der Waals surface area (Å²) in [4.78, 5) is 25.5. The van der Waals surface area contributed by atoms with Crippen LogP contribution in [0.4, 0.5) is 10.6 Å². The van der Waals surface area contributed by atoms with Gasteiger partial charge in [0.25, 0.3) is 0 Å². The maximum absolute atomic E-state index is 12.8. The van der Waals surface area contributed by atoms with E-state index >= 15 is 0 Å². The molecular weight excluding hydrogens is 340 g/mol. The normalized spacial score (nSPS) is 26.3. The third kappa shape index (κ3) is 3.16. The summed E-state index contributed by atoms with van der Waals surface area (Å²) in [6, 6.07) is 0.125. The summed E-state index contributed by atoms with van der Waals surface area (Å²) in [5, 5.41) is 0.381. The number of hydrogen-bond acceptors (Lipinski definition) is 5. The summed E-state index contributed by atoms with van der Waals surface area (Å²) in [7, 11) is 0. The molecule has 3 fully saturated rings. The van der Waals surface area contributed by atoms with Gasteiger partial charge in [0.1, 0.15) is 16.6 Å². The summed E-state index contributed by atoms with van der Waals surface area (Å²) in [6.45, 7) is 13.7. The Bertz CT molecular complexity index is 665. The van der Waals surface area contributed by atoms with Crippen LogP contribution in [0.1, 0.15) is 48.0 Å². The van der Waals surface area contributed by atoms with Crippen molar-refractivity contribution < 1.29 is 9.53 Å². The number of halogens is 1. The van der Waals surface area contributed by atoms with Gasteiger partial charge in [-0.1, -0.05) is 32.4 Å². The molecule has 0 aromatic carbocycles. The van der Waals surface area contributed by atoms with Gasteiger partial charge in [0.2, 0.25) is 0 Å². The number of carbonyl (C=O) groups is 1. The smallest absolute Gasteiger partial charge is 0.411 e. The van der Waals surface area contributed by atoms with Crippen molar-refractivity contribution >= 4 is 23.5 Å². The molecule has 1 amide bonds. The molecule has 6 nitrogen and oxygen atoms in total. The Balaban J connectivity index is 1.87. The molecule has 138 valence electrons. The molecule has 0 saturated carbocycles. The molecule has 2 atom stereocenters. The van der Waals surface area contributed by atoms with Crippen LogP contribution in [0.2, 0.25) is 5.15 Å². The van der Waals surface area contributed by atoms with Crippen molar-refractivity contribution in [1.29, 1.82) is 0 Å². The van der Waals surface area contributed by atoms with Crippen LogP contribution in [0.5, 0.6) is 0 Å². The van der Waals surface area contributed by atoms with Gasteiger partial charge >= 0.3 is 6.09 Å². The van der Waals surface area contributed by atoms with Crippen LogP contribution in [0, 0.1) is 5.41 Å². The van der Waals surface area contributed by atoms with Crippen molar-refractivity contribution in [2.24, 2.45) is 5.41 Å². The molecule has 0 N–H and O–H groups in total. The number of hydrogen-bond donors (Lipinski definition) is 0. The van der Waals surface area contributed by atoms with Gasteiger partial charge in [-0.25, -0.2) is 14.8 Å². The minimum Gasteiger partial charge on any atom is -0.444 e. The molecule has 7 heteroatoms. The average molecular weight is 367 g/mol. The Labute approximate surface area is 154 Å². The van der Waals surface area contributed by atoms with Crippen molar-refractivity contribution in [2.45, 2.75) is 65.1 Å². The lowest BCUT2D eigenvalue weighted by Crippen LogP contribution is -2.82. The van der Waals surface area contributed by atoms with E-state index < -0.39 is 5.60 Å². The van der Waals surface area contributed by atoms with Crippen molar-refractivity contribution in [1.82, 2.24) is 14.9 Å². The molecule has 25 heavy (non-hydrogen) atoms. The molecule has 2 unspecified atom stereocenters. The maximum atomic E-state index is 12.8. The third-order valence-corrected chi connectivity index (χ3v) is 5.40. The number of anilines is 1. The number of rotatable bonds is 1. The number of fused-ring (bicyclic) bond motifs is 2. The van der Waals surface area contributed by atoms with Gasteiger partial charge in [0, 0.05) is 13.1 Å². The monoisotopic (exact) mass is 366 g/mol. The quantitative estimate of drug-likeness (QED) is 0.757. The standard InChI is InChI=1S/C18H27ClN4O2/c1-16(2,3)18-7-12(23(18)15(24)25-17(4,5)6)10-22(11-18)14-9-20-13(19)8-21-14/h8-9,12H,7,10-11H2,1-6H3. The fourth-order valence-corrected chi connectivity index (χ4v) is 4.02. The summed E-state index contributed by atoms with van der Waals surface area (Å²) in [6.07, 6.45) is 4.02. The van der Waals surface area contributed by atoms with Crippen molar-refractivity contribution in [2.75, 3.05) is 18.0 Å². The number of carbonyl (C=O) groups excluding carboxylic acids is 1. The Morgan fingerprint density at radius 3 is 2.44 bits per heavy atom. The van der Waals surface area contributed by atoms with Crippen molar-refractivity contribution in [3.05, 3.63) is 17.5 Å². The Morgan fingerprint density at radius 1 is 1.24 bits per heavy atom. The second-order valence-corrected chi connectivity index (χ2v) is 9.45. The summed E-state index contributed by atoms with van der Waals surface area (Å²) >= 11 is 5.85. The molecule has 3 aliphatic heterocycles. The predicted molar refractivity (Wildman–Crippen MR) is 97.9 cm³/mol. The topological polar surface area (TPSA) is 58.6 Å². The van der Waals surface area contributed by atoms with E-state index in [0.717, 1.165) is 18.8 Å². The lowest BCUT2D eigenvalue weighted by molar-refractivity contribution is -0.139. The zero-order chi connectivity index (χ0) is 18.6. The van der Waals surface area contributed by atoms with Gasteiger partial charge in [-0.2, -0.15) is 0 Å². The van der Waals surface area contributed by atoms with E-state index in [2.05, 4.69) is 35.6 Å². The lowest BCUT2D eigenvalue weighted by Gasteiger charge is -2.68. The molecule has 4 rings (SSSR count). The zero-order valence-corrected chi connectivity index (χ0v) is 16.6. The summed E-state index contributed by atoms with van der Waals surface area (Å²) in [5.74, 6) is 0.798. The fourth-order valence-electron chi connectivity index (χ4n) is 3.92. The molecule has 1 aromatic rings. The average Bonchev–Trinajstić information content (AvgIpc) is 2.44. The Kier molecular flexibility index (Phi) is 4.18. The van der Waals surface area contributed by atoms with E-state index in [-0.39, 0.29) is 23.1 Å². The van der Waals surface area contributed by atoms with Crippen molar-refractivity contribution in [3.63, 3.8) is 0 Å². The molecule has 3 aliphatic rings. The highest BCUT2D eigenvalue weighted by Gasteiger charge is 2.64. The van der Waals surface area contributed by atoms with Crippen LogP contribution in [0.15, 0.2) is 12.4 Å². The fraction of sp³-hybridized carbons (Fsp3) is 0.722. The van der Waals surface area contributed by atoms with E-state index in [1.807, 2.05) is 25.7 Å². The first-order valence-corrected chi connectivity index (χ1v) is 9.06. The highest BCUT2D eigenvalue weighted by Crippen LogP contribution is 2.53. The van der Waals surface area contributed by atoms with Gasteiger partial charge in [-0.15, -0.1) is 0 Å². The molecule has 1 aromatic heterocycles. The number of piperidine rings is 1. The van der Waals surface area contributed by atoms with Gasteiger partial charge in [0.05, 0.1) is 24.0 Å². The number of piperazine rings is 1. The number of ether oxygens (including phenoxy) is 1. The second-order valence-electron chi connectivity index (χ2n) is 9.07. The number of aromatic nitrogens is 2. The van der Waals surface area contributed by atoms with Crippen LogP contribution >= 0.6 is 11.6 Å². The molecular formula is C18H27ClN4O2. The minimum atomic E-state index is -0.499. The number of amides is 1. The first-order valence-electron chi connectivity index (χ1n) is 8.68. The van der Waals surface area contributed by atoms with Gasteiger partial charge in [-0.3, -0.25) is 4.90 Å². The molecule has 0 spiro atoms. The van der Waals surface area contributed by atoms with Crippen LogP contribution in [-0.4, -0.2) is 51.2 Å². The van der Waals surface area contributed by atoms with Crippen LogP contribution < -0.4 is 4.90 Å². The Morgan fingerprint density at radius 2 is 1.92 bits per heavy atom. The highest BCUT2D eigenvalue weighted by molar-refractivity contribution is 6.29. The largest absolute Gasteiger partial charge is 0.444 e. The zero-order valence-electron chi connectivity index (χ0n) is 15.8. The van der Waals surface area contributed by atoms with E-state index in [9.17, 15) is 4.79 Å². The first-order chi connectivity index (χ1) is 11.4. The minimum absolute atomic E-state index is 0.0844. The second kappa shape index (κ2) is 5.73. The molecule has 0 radical (unpaired) electrons. The van der Waals surface area contributed by atoms with E-state index in [0.29, 0.717) is 11.7 Å². The predicted octanol–water partition coefficient (Wildman–Crippen LogP) is 3.74. The van der Waals surface area contributed by atoms with Crippen LogP contribution in [-0.2, 0) is 4.74 Å². The van der Waals surface area contributed by atoms with Gasteiger partial charge in [0.15, 0.2) is 0 Å². The van der Waals surface area contributed by atoms with Gasteiger partial charge < -0.3 is 9.64 Å². The molecule has 2 bridgehead atoms. The summed E-state index contributed by atoms with van der Waals surface area (Å²) < 4.78 is 5.68. The van der Waals surface area contributed by atoms with Crippen LogP contribution in [0.25, 0.3) is 0 Å². The molecule has 3 saturated heterocycles. The highest BCUT2D eigenvalue weighted by atomic mass is 35.5. The maximum Gasteiger partial charge on any atom is 0.411 e. The van der Waals surface area contributed by atoms with E-state index in [1.165, 1.54) is 0 Å². The van der Waals surface area contributed by atoms with E-state index in [1.54, 1.807) is 12.4 Å². The lowest BCUT2D eigenvalue weighted by atomic mass is 9.60. The first kappa shape index (κ1) is 18.2.